The van der Waals surface area contributed by atoms with Gasteiger partial charge < -0.3 is 19.2 Å². The van der Waals surface area contributed by atoms with E-state index < -0.39 is 16.1 Å². The molecule has 4 rings (SSSR count). The zero-order valence-corrected chi connectivity index (χ0v) is 25.7. The van der Waals surface area contributed by atoms with Crippen molar-refractivity contribution < 1.29 is 9.47 Å². The third kappa shape index (κ3) is 7.48. The van der Waals surface area contributed by atoms with Crippen molar-refractivity contribution in [1.82, 2.24) is 19.4 Å². The van der Waals surface area contributed by atoms with E-state index in [-0.39, 0.29) is 6.04 Å². The van der Waals surface area contributed by atoms with Crippen LogP contribution in [0.5, 0.6) is 0 Å². The van der Waals surface area contributed by atoms with Gasteiger partial charge in [-0.25, -0.2) is 4.98 Å². The minimum atomic E-state index is -1.16. The van der Waals surface area contributed by atoms with Gasteiger partial charge in [0.2, 0.25) is 0 Å². The predicted molar refractivity (Wildman–Crippen MR) is 158 cm³/mol. The highest BCUT2D eigenvalue weighted by molar-refractivity contribution is 7.99. The molecule has 7 nitrogen and oxygen atoms in total. The summed E-state index contributed by atoms with van der Waals surface area (Å²) in [7, 11) is 4.05. The Morgan fingerprint density at radius 2 is 1.72 bits per heavy atom. The van der Waals surface area contributed by atoms with Crippen molar-refractivity contribution >= 4 is 52.9 Å². The molecule has 2 aromatic rings. The molecule has 4 heterocycles. The number of nitrogens with zero attached hydrogens (tertiary/aromatic N) is 5. The zero-order chi connectivity index (χ0) is 25.9. The fraction of sp³-hybridized carbons (Fsp3) is 0.680. The first-order valence-electron chi connectivity index (χ1n) is 13.1. The first-order chi connectivity index (χ1) is 17.0. The smallest absolute Gasteiger partial charge is 0.183 e. The van der Waals surface area contributed by atoms with Gasteiger partial charge in [-0.3, -0.25) is 0 Å². The van der Waals surface area contributed by atoms with Crippen molar-refractivity contribution in [3.63, 3.8) is 0 Å². The van der Waals surface area contributed by atoms with E-state index in [0.29, 0.717) is 19.5 Å². The van der Waals surface area contributed by atoms with Crippen LogP contribution >= 0.6 is 11.8 Å². The van der Waals surface area contributed by atoms with Crippen molar-refractivity contribution in [2.24, 2.45) is 0 Å². The Bertz CT molecular complexity index is 1030. The molecule has 0 N–H and O–H groups in total. The molecule has 2 radical (unpaired) electrons. The highest BCUT2D eigenvalue weighted by Crippen LogP contribution is 2.35. The molecule has 1 saturated heterocycles. The number of fused-ring (bicyclic) bond motifs is 3. The van der Waals surface area contributed by atoms with Crippen LogP contribution in [-0.4, -0.2) is 93.8 Å². The van der Waals surface area contributed by atoms with Gasteiger partial charge in [-0.2, -0.15) is 21.4 Å². The van der Waals surface area contributed by atoms with E-state index in [1.54, 1.807) is 0 Å². The summed E-state index contributed by atoms with van der Waals surface area (Å²) in [6.07, 6.45) is 5.03. The van der Waals surface area contributed by atoms with E-state index in [9.17, 15) is 0 Å². The summed E-state index contributed by atoms with van der Waals surface area (Å²) in [6.45, 7) is 16.7. The summed E-state index contributed by atoms with van der Waals surface area (Å²) >= 11 is 1.99. The molecule has 11 heteroatoms. The van der Waals surface area contributed by atoms with Crippen LogP contribution in [0, 0.1) is 0 Å². The second-order valence-electron chi connectivity index (χ2n) is 12.4. The average Bonchev–Trinajstić information content (AvgIpc) is 3.25. The fourth-order valence-corrected chi connectivity index (χ4v) is 7.09. The first-order valence-corrected chi connectivity index (χ1v) is 21.6. The number of thioether (sulfide) groups is 1. The average molecular weight is 544 g/mol. The molecule has 2 aliphatic heterocycles. The minimum Gasteiger partial charge on any atom is -0.361 e. The molecule has 2 unspecified atom stereocenters. The maximum atomic E-state index is 6.38. The largest absolute Gasteiger partial charge is 0.361 e. The van der Waals surface area contributed by atoms with Crippen molar-refractivity contribution in [2.45, 2.75) is 69.9 Å². The maximum absolute atomic E-state index is 6.38. The summed E-state index contributed by atoms with van der Waals surface area (Å²) in [5.41, 5.74) is 3.12. The van der Waals surface area contributed by atoms with E-state index in [2.05, 4.69) is 61.4 Å². The topological polar surface area (TPSA) is 55.1 Å². The number of rotatable bonds is 12. The van der Waals surface area contributed by atoms with Gasteiger partial charge >= 0.3 is 0 Å². The Labute approximate surface area is 224 Å². The fourth-order valence-electron chi connectivity index (χ4n) is 4.37. The van der Waals surface area contributed by atoms with Crippen LogP contribution in [0.2, 0.25) is 51.4 Å². The molecule has 36 heavy (non-hydrogen) atoms. The lowest BCUT2D eigenvalue weighted by atomic mass is 9.91. The van der Waals surface area contributed by atoms with E-state index in [0.717, 1.165) is 60.4 Å². The highest BCUT2D eigenvalue weighted by Gasteiger charge is 2.32. The molecular weight excluding hydrogens is 501 g/mol. The van der Waals surface area contributed by atoms with Crippen molar-refractivity contribution in [1.29, 1.82) is 0 Å². The first kappa shape index (κ1) is 27.9. The monoisotopic (exact) mass is 543 g/mol. The van der Waals surface area contributed by atoms with Gasteiger partial charge in [-0.15, -0.1) is 0 Å². The van der Waals surface area contributed by atoms with Crippen LogP contribution in [-0.2, 0) is 9.47 Å². The van der Waals surface area contributed by atoms with Crippen LogP contribution < -0.4 is 4.90 Å². The number of hydrogen-bond donors (Lipinski definition) is 0. The molecule has 0 aliphatic carbocycles. The van der Waals surface area contributed by atoms with E-state index in [1.807, 2.05) is 33.4 Å². The lowest BCUT2D eigenvalue weighted by Gasteiger charge is -2.43. The predicted octanol–water partition coefficient (Wildman–Crippen LogP) is 4.82. The molecule has 2 aliphatic rings. The lowest BCUT2D eigenvalue weighted by Crippen LogP contribution is -2.49. The van der Waals surface area contributed by atoms with Crippen LogP contribution in [0.3, 0.4) is 0 Å². The SMILES string of the molecule is [B]N1C2C=C(c3cc(N(COCC[Si](C)(C)C)COCC[Si](C)(C)C)n4nccc4n3)CC1CSC2. The minimum absolute atomic E-state index is 0.259. The van der Waals surface area contributed by atoms with Gasteiger partial charge in [0.1, 0.15) is 19.3 Å². The maximum Gasteiger partial charge on any atom is 0.183 e. The number of aromatic nitrogens is 3. The summed E-state index contributed by atoms with van der Waals surface area (Å²) < 4.78 is 14.3. The van der Waals surface area contributed by atoms with Gasteiger partial charge in [-0.05, 0) is 24.1 Å². The Balaban J connectivity index is 1.58. The molecule has 2 aromatic heterocycles. The second-order valence-corrected chi connectivity index (χ2v) is 24.8. The summed E-state index contributed by atoms with van der Waals surface area (Å²) in [6, 6.07) is 7.02. The summed E-state index contributed by atoms with van der Waals surface area (Å²) in [4.78, 5) is 9.17. The van der Waals surface area contributed by atoms with Crippen molar-refractivity contribution in [3.05, 3.63) is 30.1 Å². The Kier molecular flexibility index (Phi) is 9.10. The van der Waals surface area contributed by atoms with Gasteiger partial charge in [0, 0.05) is 65.1 Å². The zero-order valence-electron chi connectivity index (χ0n) is 22.9. The molecule has 196 valence electrons. The lowest BCUT2D eigenvalue weighted by molar-refractivity contribution is 0.0942. The second kappa shape index (κ2) is 11.7. The summed E-state index contributed by atoms with van der Waals surface area (Å²) in [5.74, 6) is 3.05. The molecule has 0 saturated carbocycles. The third-order valence-electron chi connectivity index (χ3n) is 6.73. The molecular formula is C25H42BN5O2SSi2. The van der Waals surface area contributed by atoms with E-state index in [4.69, 9.17) is 22.4 Å². The van der Waals surface area contributed by atoms with Gasteiger partial charge in [0.25, 0.3) is 0 Å². The number of ether oxygens (including phenoxy) is 2. The Hall–Kier alpha value is -1.11. The van der Waals surface area contributed by atoms with E-state index in [1.165, 1.54) is 5.57 Å². The van der Waals surface area contributed by atoms with Crippen LogP contribution in [0.1, 0.15) is 12.1 Å². The van der Waals surface area contributed by atoms with Gasteiger partial charge in [-0.1, -0.05) is 45.4 Å². The molecule has 0 aromatic carbocycles. The molecule has 0 amide bonds. The summed E-state index contributed by atoms with van der Waals surface area (Å²) in [5, 5.41) is 4.59. The normalized spacial score (nSPS) is 21.1. The Morgan fingerprint density at radius 3 is 2.33 bits per heavy atom. The molecule has 0 spiro atoms. The van der Waals surface area contributed by atoms with Gasteiger partial charge in [0.15, 0.2) is 13.6 Å². The van der Waals surface area contributed by atoms with Crippen LogP contribution in [0.4, 0.5) is 5.82 Å². The van der Waals surface area contributed by atoms with Crippen LogP contribution in [0.25, 0.3) is 11.2 Å². The third-order valence-corrected chi connectivity index (χ3v) is 11.3. The number of hydrogen-bond acceptors (Lipinski definition) is 7. The van der Waals surface area contributed by atoms with Crippen molar-refractivity contribution in [2.75, 3.05) is 43.1 Å². The standard InChI is InChI=1S/C25H42BN5O2SSi2/c1-35(2,3)11-9-32-18-29(19-33-10-12-36(4,5)6)25-15-23(28-24-7-8-27-31(24)25)20-13-21-16-34-17-22(14-20)30(21)26/h7-8,13,15,21-22H,9-12,14,16-19H2,1-6H3. The van der Waals surface area contributed by atoms with Gasteiger partial charge in [0.05, 0.1) is 11.9 Å². The molecule has 1 fully saturated rings. The van der Waals surface area contributed by atoms with Crippen molar-refractivity contribution in [3.8, 4) is 0 Å². The Morgan fingerprint density at radius 1 is 1.06 bits per heavy atom. The quantitative estimate of drug-likeness (QED) is 0.216. The van der Waals surface area contributed by atoms with E-state index >= 15 is 0 Å². The van der Waals surface area contributed by atoms with Crippen LogP contribution in [0.15, 0.2) is 24.4 Å². The highest BCUT2D eigenvalue weighted by atomic mass is 32.2. The number of anilines is 1. The molecule has 2 atom stereocenters. The molecule has 2 bridgehead atoms.